The van der Waals surface area contributed by atoms with Crippen molar-refractivity contribution in [3.05, 3.63) is 40.9 Å². The Hall–Kier alpha value is -2.07. The predicted molar refractivity (Wildman–Crippen MR) is 87.8 cm³/mol. The normalized spacial score (nSPS) is 27.8. The summed E-state index contributed by atoms with van der Waals surface area (Å²) in [4.78, 5) is 16.3. The number of hydrogen-bond donors (Lipinski definition) is 4. The summed E-state index contributed by atoms with van der Waals surface area (Å²) >= 11 is 1.13. The molecular weight excluding hydrogens is 334 g/mol. The van der Waals surface area contributed by atoms with Crippen molar-refractivity contribution < 1.29 is 20.1 Å². The van der Waals surface area contributed by atoms with Crippen molar-refractivity contribution in [2.45, 2.75) is 22.8 Å². The van der Waals surface area contributed by atoms with Crippen LogP contribution in [0.15, 0.2) is 35.3 Å². The molecule has 2 aliphatic rings. The fraction of sp³-hybridized carbons (Fsp3) is 0.333. The molecule has 0 radical (unpaired) electrons. The number of benzene rings is 1. The first-order valence-corrected chi connectivity index (χ1v) is 8.32. The Morgan fingerprint density at radius 2 is 2.04 bits per heavy atom. The highest BCUT2D eigenvalue weighted by Crippen LogP contribution is 2.43. The molecule has 126 valence electrons. The first-order valence-electron chi connectivity index (χ1n) is 7.38. The molecule has 0 bridgehead atoms. The maximum atomic E-state index is 12.3. The standard InChI is InChI=1S/C15H15N3O5S/c19-6-10-11(20)12(21)14(24-10)18-5-9-13(17-15(18)22)16-7-3-1-2-4-8(7)23-9/h1-5,10-12,14,19-21H,6H2,(H,16,17,22)/t10-,11?,12?,14-/m1/s1. The van der Waals surface area contributed by atoms with Gasteiger partial charge in [-0.3, -0.25) is 4.57 Å². The van der Waals surface area contributed by atoms with Gasteiger partial charge in [0.1, 0.15) is 11.5 Å². The van der Waals surface area contributed by atoms with Crippen LogP contribution in [-0.4, -0.2) is 48.9 Å². The summed E-state index contributed by atoms with van der Waals surface area (Å²) in [6.45, 7) is -0.294. The zero-order valence-corrected chi connectivity index (χ0v) is 13.2. The van der Waals surface area contributed by atoms with Crippen molar-refractivity contribution in [3.8, 4) is 11.5 Å². The molecule has 1 saturated heterocycles. The lowest BCUT2D eigenvalue weighted by atomic mass is 10.1. The molecular formula is C15H15N3O5S. The first-order chi connectivity index (χ1) is 11.6. The zero-order valence-electron chi connectivity index (χ0n) is 12.4. The molecule has 1 aromatic carbocycles. The number of anilines is 2. The van der Waals surface area contributed by atoms with Gasteiger partial charge in [-0.2, -0.15) is 4.98 Å². The van der Waals surface area contributed by atoms with E-state index in [0.29, 0.717) is 23.0 Å². The van der Waals surface area contributed by atoms with E-state index in [0.717, 1.165) is 11.8 Å². The Morgan fingerprint density at radius 1 is 1.25 bits per heavy atom. The molecule has 2 aromatic rings. The third-order valence-electron chi connectivity index (χ3n) is 4.07. The number of ether oxygens (including phenoxy) is 1. The van der Waals surface area contributed by atoms with Crippen LogP contribution in [0, 0.1) is 0 Å². The summed E-state index contributed by atoms with van der Waals surface area (Å²) in [6.07, 6.45) is -0.845. The number of nitrogens with zero attached hydrogens (tertiary/aromatic N) is 2. The molecule has 9 heteroatoms. The number of nitrogens with one attached hydrogen (secondary N) is 1. The van der Waals surface area contributed by atoms with Crippen molar-refractivity contribution in [3.63, 3.8) is 0 Å². The number of aromatic nitrogens is 2. The van der Waals surface area contributed by atoms with E-state index < -0.39 is 28.5 Å². The molecule has 4 atom stereocenters. The molecule has 4 rings (SSSR count). The first kappa shape index (κ1) is 15.5. The molecule has 0 amide bonds. The van der Waals surface area contributed by atoms with Crippen LogP contribution < -0.4 is 15.7 Å². The molecule has 0 spiro atoms. The summed E-state index contributed by atoms with van der Waals surface area (Å²) in [5.41, 5.74) is 0.132. The Bertz CT molecular complexity index is 842. The minimum absolute atomic E-state index is 0.294. The van der Waals surface area contributed by atoms with Gasteiger partial charge in [-0.1, -0.05) is 12.1 Å². The van der Waals surface area contributed by atoms with Crippen LogP contribution in [0.3, 0.4) is 0 Å². The monoisotopic (exact) mass is 349 g/mol. The molecule has 2 unspecified atom stereocenters. The average Bonchev–Trinajstić information content (AvgIpc) is 2.87. The van der Waals surface area contributed by atoms with Crippen LogP contribution in [-0.2, 0) is 0 Å². The van der Waals surface area contributed by atoms with Gasteiger partial charge in [0, 0.05) is 0 Å². The Morgan fingerprint density at radius 3 is 2.79 bits per heavy atom. The number of rotatable bonds is 2. The second-order valence-corrected chi connectivity index (χ2v) is 6.96. The Labute approximate surface area is 140 Å². The number of thioether (sulfide) groups is 1. The van der Waals surface area contributed by atoms with E-state index in [1.807, 2.05) is 18.2 Å². The predicted octanol–water partition coefficient (Wildman–Crippen LogP) is 0.421. The van der Waals surface area contributed by atoms with Gasteiger partial charge in [0.2, 0.25) is 0 Å². The zero-order chi connectivity index (χ0) is 16.8. The molecule has 1 aromatic heterocycles. The second kappa shape index (κ2) is 5.78. The van der Waals surface area contributed by atoms with Gasteiger partial charge in [0.25, 0.3) is 0 Å². The fourth-order valence-electron chi connectivity index (χ4n) is 2.81. The van der Waals surface area contributed by atoms with Crippen molar-refractivity contribution in [1.82, 2.24) is 9.55 Å². The lowest BCUT2D eigenvalue weighted by molar-refractivity contribution is 0.0101. The maximum Gasteiger partial charge on any atom is 0.350 e. The lowest BCUT2D eigenvalue weighted by Gasteiger charge is -2.23. The topological polar surface area (TPSA) is 117 Å². The minimum Gasteiger partial charge on any atom is -0.450 e. The van der Waals surface area contributed by atoms with Gasteiger partial charge in [0.05, 0.1) is 29.8 Å². The van der Waals surface area contributed by atoms with Gasteiger partial charge in [0.15, 0.2) is 17.3 Å². The van der Waals surface area contributed by atoms with Crippen LogP contribution in [0.4, 0.5) is 11.5 Å². The number of para-hydroxylation sites is 2. The third kappa shape index (κ3) is 2.37. The summed E-state index contributed by atoms with van der Waals surface area (Å²) in [5, 5.41) is 31.1. The van der Waals surface area contributed by atoms with Crippen molar-refractivity contribution >= 4 is 23.3 Å². The van der Waals surface area contributed by atoms with Crippen LogP contribution in [0.2, 0.25) is 0 Å². The molecule has 2 aliphatic heterocycles. The molecule has 4 N–H and O–H groups in total. The van der Waals surface area contributed by atoms with Crippen molar-refractivity contribution in [2.24, 2.45) is 0 Å². The minimum atomic E-state index is -1.19. The molecule has 8 nitrogen and oxygen atoms in total. The van der Waals surface area contributed by atoms with Gasteiger partial charge >= 0.3 is 5.69 Å². The highest BCUT2D eigenvalue weighted by molar-refractivity contribution is 8.00. The molecule has 3 heterocycles. The number of hydrogen-bond acceptors (Lipinski definition) is 8. The van der Waals surface area contributed by atoms with E-state index in [9.17, 15) is 20.1 Å². The van der Waals surface area contributed by atoms with Gasteiger partial charge in [-0.15, -0.1) is 11.8 Å². The molecule has 0 saturated carbocycles. The van der Waals surface area contributed by atoms with Gasteiger partial charge < -0.3 is 25.4 Å². The summed E-state index contributed by atoms with van der Waals surface area (Å²) in [6, 6.07) is 7.26. The smallest absolute Gasteiger partial charge is 0.350 e. The van der Waals surface area contributed by atoms with E-state index in [4.69, 9.17) is 4.74 Å². The Kier molecular flexibility index (Phi) is 3.72. The third-order valence-corrected chi connectivity index (χ3v) is 5.63. The van der Waals surface area contributed by atoms with Crippen LogP contribution in [0.25, 0.3) is 0 Å². The van der Waals surface area contributed by atoms with E-state index in [-0.39, 0.29) is 6.61 Å². The van der Waals surface area contributed by atoms with Crippen LogP contribution in [0.5, 0.6) is 11.5 Å². The van der Waals surface area contributed by atoms with Crippen LogP contribution in [0.1, 0.15) is 5.37 Å². The van der Waals surface area contributed by atoms with Gasteiger partial charge in [-0.25, -0.2) is 4.79 Å². The number of aliphatic hydroxyl groups excluding tert-OH is 3. The highest BCUT2D eigenvalue weighted by atomic mass is 32.2. The average molecular weight is 349 g/mol. The molecule has 0 aliphatic carbocycles. The van der Waals surface area contributed by atoms with E-state index in [2.05, 4.69) is 10.3 Å². The second-order valence-electron chi connectivity index (χ2n) is 5.60. The van der Waals surface area contributed by atoms with Crippen LogP contribution >= 0.6 is 11.8 Å². The van der Waals surface area contributed by atoms with Gasteiger partial charge in [-0.05, 0) is 12.1 Å². The quantitative estimate of drug-likeness (QED) is 0.526. The largest absolute Gasteiger partial charge is 0.450 e. The van der Waals surface area contributed by atoms with E-state index in [1.54, 1.807) is 6.07 Å². The van der Waals surface area contributed by atoms with Crippen molar-refractivity contribution in [2.75, 3.05) is 11.9 Å². The summed E-state index contributed by atoms with van der Waals surface area (Å²) in [7, 11) is 0. The number of aliphatic hydroxyl groups is 3. The maximum absolute atomic E-state index is 12.3. The fourth-order valence-corrected chi connectivity index (χ4v) is 4.18. The molecule has 24 heavy (non-hydrogen) atoms. The number of fused-ring (bicyclic) bond motifs is 2. The SMILES string of the molecule is O=c1nc2c(cn1[C@@H]1S[C@H](CO)C(O)C1O)Oc1ccccc1N2. The van der Waals surface area contributed by atoms with E-state index in [1.165, 1.54) is 10.8 Å². The van der Waals surface area contributed by atoms with Crippen molar-refractivity contribution in [1.29, 1.82) is 0 Å². The molecule has 1 fully saturated rings. The summed E-state index contributed by atoms with van der Waals surface area (Å²) in [5.74, 6) is 1.25. The Balaban J connectivity index is 1.72. The highest BCUT2D eigenvalue weighted by Gasteiger charge is 2.43. The van der Waals surface area contributed by atoms with E-state index >= 15 is 0 Å². The summed E-state index contributed by atoms with van der Waals surface area (Å²) < 4.78 is 6.99. The lowest BCUT2D eigenvalue weighted by Crippen LogP contribution is -2.36.